The summed E-state index contributed by atoms with van der Waals surface area (Å²) >= 11 is 6.10. The van der Waals surface area contributed by atoms with E-state index < -0.39 is 17.7 Å². The molecule has 2 aromatic rings. The van der Waals surface area contributed by atoms with Gasteiger partial charge in [0.2, 0.25) is 0 Å². The number of rotatable bonds is 5. The van der Waals surface area contributed by atoms with Gasteiger partial charge in [-0.15, -0.1) is 0 Å². The van der Waals surface area contributed by atoms with Crippen LogP contribution in [0.5, 0.6) is 5.75 Å². The molecule has 0 saturated carbocycles. The van der Waals surface area contributed by atoms with Crippen LogP contribution in [0, 0.1) is 6.92 Å². The molecule has 3 rings (SSSR count). The molecule has 146 valence electrons. The van der Waals surface area contributed by atoms with Gasteiger partial charge in [0.05, 0.1) is 24.3 Å². The number of methoxy groups -OCH3 is 1. The van der Waals surface area contributed by atoms with Crippen LogP contribution in [0.3, 0.4) is 0 Å². The van der Waals surface area contributed by atoms with E-state index >= 15 is 0 Å². The van der Waals surface area contributed by atoms with Gasteiger partial charge in [-0.3, -0.25) is 9.59 Å². The third-order valence-electron chi connectivity index (χ3n) is 4.90. The second-order valence-electron chi connectivity index (χ2n) is 6.69. The summed E-state index contributed by atoms with van der Waals surface area (Å²) in [6.45, 7) is 4.27. The number of carbonyl (C=O) groups excluding carboxylic acids is 2. The molecule has 1 heterocycles. The molecule has 1 fully saturated rings. The Balaban J connectivity index is 2.28. The van der Waals surface area contributed by atoms with Gasteiger partial charge < -0.3 is 14.7 Å². The molecule has 0 aromatic heterocycles. The second kappa shape index (κ2) is 8.07. The lowest BCUT2D eigenvalue weighted by atomic mass is 9.92. The Kier molecular flexibility index (Phi) is 5.75. The molecular formula is C22H22ClNO4. The van der Waals surface area contributed by atoms with Gasteiger partial charge in [-0.25, -0.2) is 0 Å². The Labute approximate surface area is 169 Å². The highest BCUT2D eigenvalue weighted by Crippen LogP contribution is 2.42. The van der Waals surface area contributed by atoms with E-state index in [0.29, 0.717) is 23.7 Å². The summed E-state index contributed by atoms with van der Waals surface area (Å²) in [7, 11) is 1.47. The Morgan fingerprint density at radius 3 is 2.57 bits per heavy atom. The first-order chi connectivity index (χ1) is 13.4. The van der Waals surface area contributed by atoms with Crippen LogP contribution >= 0.6 is 11.6 Å². The third kappa shape index (κ3) is 3.38. The van der Waals surface area contributed by atoms with Crippen LogP contribution in [-0.2, 0) is 9.59 Å². The first-order valence-electron chi connectivity index (χ1n) is 9.08. The molecule has 1 saturated heterocycles. The highest BCUT2D eigenvalue weighted by Gasteiger charge is 2.46. The molecule has 1 amide bonds. The highest BCUT2D eigenvalue weighted by atomic mass is 35.5. The summed E-state index contributed by atoms with van der Waals surface area (Å²) in [5.41, 5.74) is 2.06. The molecule has 28 heavy (non-hydrogen) atoms. The zero-order chi connectivity index (χ0) is 20.4. The molecule has 0 spiro atoms. The number of amides is 1. The number of aliphatic hydroxyl groups excluding tert-OH is 1. The van der Waals surface area contributed by atoms with Crippen LogP contribution in [0.2, 0.25) is 5.02 Å². The first kappa shape index (κ1) is 20.0. The average Bonchev–Trinajstić information content (AvgIpc) is 2.93. The van der Waals surface area contributed by atoms with E-state index in [-0.39, 0.29) is 16.9 Å². The van der Waals surface area contributed by atoms with Crippen LogP contribution in [-0.4, -0.2) is 35.4 Å². The maximum Gasteiger partial charge on any atom is 0.295 e. The van der Waals surface area contributed by atoms with Gasteiger partial charge >= 0.3 is 0 Å². The van der Waals surface area contributed by atoms with E-state index in [2.05, 4.69) is 0 Å². The quantitative estimate of drug-likeness (QED) is 0.457. The fourth-order valence-electron chi connectivity index (χ4n) is 3.58. The minimum atomic E-state index is -0.707. The molecular weight excluding hydrogens is 378 g/mol. The van der Waals surface area contributed by atoms with E-state index in [0.717, 1.165) is 11.1 Å². The minimum Gasteiger partial charge on any atom is -0.507 e. The Bertz CT molecular complexity index is 967. The van der Waals surface area contributed by atoms with Crippen LogP contribution in [0.15, 0.2) is 48.0 Å². The fourth-order valence-corrected chi connectivity index (χ4v) is 3.75. The molecule has 0 aliphatic carbocycles. The van der Waals surface area contributed by atoms with Gasteiger partial charge in [0, 0.05) is 11.6 Å². The zero-order valence-electron chi connectivity index (χ0n) is 16.0. The number of likely N-dealkylation sites (tertiary alicyclic amines) is 1. The van der Waals surface area contributed by atoms with Gasteiger partial charge in [0.1, 0.15) is 11.5 Å². The van der Waals surface area contributed by atoms with E-state index in [1.165, 1.54) is 18.1 Å². The van der Waals surface area contributed by atoms with Crippen molar-refractivity contribution in [2.24, 2.45) is 0 Å². The minimum absolute atomic E-state index is 0.0494. The van der Waals surface area contributed by atoms with E-state index in [1.807, 2.05) is 38.1 Å². The predicted octanol–water partition coefficient (Wildman–Crippen LogP) is 4.49. The lowest BCUT2D eigenvalue weighted by Crippen LogP contribution is -2.30. The van der Waals surface area contributed by atoms with Crippen molar-refractivity contribution in [2.75, 3.05) is 13.7 Å². The van der Waals surface area contributed by atoms with Gasteiger partial charge in [-0.2, -0.15) is 0 Å². The number of hydrogen-bond donors (Lipinski definition) is 1. The van der Waals surface area contributed by atoms with Crippen molar-refractivity contribution in [2.45, 2.75) is 26.3 Å². The molecule has 1 N–H and O–H groups in total. The van der Waals surface area contributed by atoms with E-state index in [9.17, 15) is 14.7 Å². The second-order valence-corrected chi connectivity index (χ2v) is 7.13. The summed E-state index contributed by atoms with van der Waals surface area (Å²) in [6.07, 6.45) is 0.690. The highest BCUT2D eigenvalue weighted by molar-refractivity contribution is 6.46. The number of hydrogen-bond acceptors (Lipinski definition) is 4. The van der Waals surface area contributed by atoms with E-state index in [1.54, 1.807) is 12.1 Å². The van der Waals surface area contributed by atoms with Crippen molar-refractivity contribution in [1.29, 1.82) is 0 Å². The first-order valence-corrected chi connectivity index (χ1v) is 9.46. The maximum atomic E-state index is 12.9. The Morgan fingerprint density at radius 1 is 1.21 bits per heavy atom. The number of aryl methyl sites for hydroxylation is 1. The van der Waals surface area contributed by atoms with Gasteiger partial charge in [-0.05, 0) is 42.7 Å². The maximum absolute atomic E-state index is 12.9. The molecule has 1 aliphatic heterocycles. The predicted molar refractivity (Wildman–Crippen MR) is 108 cm³/mol. The lowest BCUT2D eigenvalue weighted by Gasteiger charge is -2.26. The van der Waals surface area contributed by atoms with Crippen molar-refractivity contribution >= 4 is 29.1 Å². The zero-order valence-corrected chi connectivity index (χ0v) is 16.8. The van der Waals surface area contributed by atoms with Crippen molar-refractivity contribution in [3.05, 3.63) is 69.8 Å². The molecule has 1 atom stereocenters. The molecule has 1 unspecified atom stereocenters. The summed E-state index contributed by atoms with van der Waals surface area (Å²) in [5.74, 6) is -1.24. The monoisotopic (exact) mass is 399 g/mol. The smallest absolute Gasteiger partial charge is 0.295 e. The summed E-state index contributed by atoms with van der Waals surface area (Å²) in [5, 5.41) is 11.5. The molecule has 5 nitrogen and oxygen atoms in total. The number of ether oxygens (including phenoxy) is 1. The third-order valence-corrected chi connectivity index (χ3v) is 5.14. The summed E-state index contributed by atoms with van der Waals surface area (Å²) in [4.78, 5) is 27.2. The van der Waals surface area contributed by atoms with Gasteiger partial charge in [0.25, 0.3) is 11.7 Å². The molecule has 6 heteroatoms. The number of nitrogens with zero attached hydrogens (tertiary/aromatic N) is 1. The lowest BCUT2D eigenvalue weighted by molar-refractivity contribution is -0.139. The number of benzene rings is 2. The Hall–Kier alpha value is -2.79. The van der Waals surface area contributed by atoms with Crippen molar-refractivity contribution in [1.82, 2.24) is 4.90 Å². The van der Waals surface area contributed by atoms with Crippen molar-refractivity contribution in [3.8, 4) is 5.75 Å². The topological polar surface area (TPSA) is 66.8 Å². The van der Waals surface area contributed by atoms with Crippen LogP contribution in [0.25, 0.3) is 5.76 Å². The molecule has 0 radical (unpaired) electrons. The average molecular weight is 400 g/mol. The van der Waals surface area contributed by atoms with Crippen LogP contribution in [0.1, 0.15) is 36.1 Å². The van der Waals surface area contributed by atoms with Crippen molar-refractivity contribution < 1.29 is 19.4 Å². The van der Waals surface area contributed by atoms with Crippen molar-refractivity contribution in [3.63, 3.8) is 0 Å². The summed E-state index contributed by atoms with van der Waals surface area (Å²) in [6, 6.07) is 11.6. The Morgan fingerprint density at radius 2 is 1.93 bits per heavy atom. The number of carbonyl (C=O) groups is 2. The normalized spacial score (nSPS) is 18.6. The standard InChI is InChI=1S/C22H22ClNO4/c1-4-11-24-19(15-8-6-5-7-13(15)2)18(21(26)22(24)27)20(25)16-12-14(23)9-10-17(16)28-3/h5-10,12,19,25H,4,11H2,1-3H3/b20-18+. The number of ketones is 1. The number of Topliss-reactive ketones (excluding diaryl/α,β-unsaturated/α-hetero) is 1. The molecule has 2 aromatic carbocycles. The number of aliphatic hydroxyl groups is 1. The van der Waals surface area contributed by atoms with Crippen LogP contribution in [0.4, 0.5) is 0 Å². The SMILES string of the molecule is CCCN1C(=O)C(=O)/C(=C(/O)c2cc(Cl)ccc2OC)C1c1ccccc1C. The van der Waals surface area contributed by atoms with E-state index in [4.69, 9.17) is 16.3 Å². The largest absolute Gasteiger partial charge is 0.507 e. The summed E-state index contributed by atoms with van der Waals surface area (Å²) < 4.78 is 5.32. The molecule has 1 aliphatic rings. The molecule has 0 bridgehead atoms. The van der Waals surface area contributed by atoms with Gasteiger partial charge in [-0.1, -0.05) is 42.8 Å². The van der Waals surface area contributed by atoms with Crippen LogP contribution < -0.4 is 4.74 Å². The van der Waals surface area contributed by atoms with Gasteiger partial charge in [0.15, 0.2) is 0 Å². The number of halogens is 1. The fraction of sp³-hybridized carbons (Fsp3) is 0.273.